The third kappa shape index (κ3) is 4.84. The zero-order chi connectivity index (χ0) is 28.4. The van der Waals surface area contributed by atoms with Crippen LogP contribution in [0.25, 0.3) is 0 Å². The molecule has 0 amide bonds. The SMILES string of the molecule is CCc1ccccc1N1C(N)=C(C#N)C(c2cc(COc3ccc(OC)cc3)c(C)cc2C)C2=C1CCCC2=O. The number of ketones is 1. The minimum absolute atomic E-state index is 0.0847. The van der Waals surface area contributed by atoms with Crippen molar-refractivity contribution < 1.29 is 14.3 Å². The lowest BCUT2D eigenvalue weighted by atomic mass is 9.74. The van der Waals surface area contributed by atoms with Crippen LogP contribution >= 0.6 is 0 Å². The molecule has 6 nitrogen and oxygen atoms in total. The Balaban J connectivity index is 1.61. The van der Waals surface area contributed by atoms with E-state index in [2.05, 4.69) is 38.1 Å². The molecule has 0 saturated carbocycles. The van der Waals surface area contributed by atoms with Gasteiger partial charge in [0.15, 0.2) is 5.78 Å². The molecule has 3 aromatic carbocycles. The van der Waals surface area contributed by atoms with E-state index >= 15 is 0 Å². The molecule has 1 aliphatic carbocycles. The average Bonchev–Trinajstić information content (AvgIpc) is 2.97. The van der Waals surface area contributed by atoms with Gasteiger partial charge in [0, 0.05) is 17.7 Å². The van der Waals surface area contributed by atoms with Crippen molar-refractivity contribution in [1.82, 2.24) is 0 Å². The maximum absolute atomic E-state index is 13.6. The number of nitriles is 1. The minimum Gasteiger partial charge on any atom is -0.497 e. The Hall–Kier alpha value is -4.50. The summed E-state index contributed by atoms with van der Waals surface area (Å²) in [6.07, 6.45) is 2.78. The van der Waals surface area contributed by atoms with E-state index in [-0.39, 0.29) is 5.78 Å². The van der Waals surface area contributed by atoms with Gasteiger partial charge in [-0.2, -0.15) is 5.26 Å². The van der Waals surface area contributed by atoms with Gasteiger partial charge in [0.25, 0.3) is 0 Å². The summed E-state index contributed by atoms with van der Waals surface area (Å²) in [5, 5.41) is 10.5. The molecule has 2 aliphatic rings. The van der Waals surface area contributed by atoms with Crippen molar-refractivity contribution in [2.75, 3.05) is 12.0 Å². The first kappa shape index (κ1) is 27.1. The predicted octanol–water partition coefficient (Wildman–Crippen LogP) is 6.76. The normalized spacial score (nSPS) is 17.0. The smallest absolute Gasteiger partial charge is 0.161 e. The Bertz CT molecular complexity index is 1560. The molecule has 1 heterocycles. The van der Waals surface area contributed by atoms with E-state index in [0.717, 1.165) is 70.0 Å². The fraction of sp³-hybridized carbons (Fsp3) is 0.294. The van der Waals surface area contributed by atoms with Gasteiger partial charge in [-0.3, -0.25) is 9.69 Å². The van der Waals surface area contributed by atoms with E-state index in [9.17, 15) is 10.1 Å². The van der Waals surface area contributed by atoms with Crippen molar-refractivity contribution in [3.05, 3.63) is 111 Å². The number of hydrogen-bond acceptors (Lipinski definition) is 6. The standard InChI is InChI=1S/C34H35N3O3/c1-5-23-9-6-7-10-29(23)37-30-11-8-12-31(38)33(30)32(28(19-35)34(37)36)27-18-24(21(2)17-22(27)3)20-40-26-15-13-25(39-4)14-16-26/h6-7,9-10,13-18,32H,5,8,11-12,20,36H2,1-4H3. The van der Waals surface area contributed by atoms with E-state index in [1.807, 2.05) is 54.3 Å². The highest BCUT2D eigenvalue weighted by Crippen LogP contribution is 2.47. The molecule has 6 heteroatoms. The lowest BCUT2D eigenvalue weighted by Crippen LogP contribution is -2.39. The fourth-order valence-corrected chi connectivity index (χ4v) is 5.92. The molecule has 2 N–H and O–H groups in total. The van der Waals surface area contributed by atoms with Gasteiger partial charge < -0.3 is 15.2 Å². The van der Waals surface area contributed by atoms with Crippen LogP contribution in [0.1, 0.15) is 59.9 Å². The number of carbonyl (C=O) groups excluding carboxylic acids is 1. The van der Waals surface area contributed by atoms with E-state index in [4.69, 9.17) is 15.2 Å². The van der Waals surface area contributed by atoms with Crippen LogP contribution in [0.3, 0.4) is 0 Å². The van der Waals surface area contributed by atoms with Crippen molar-refractivity contribution in [3.8, 4) is 17.6 Å². The molecular weight excluding hydrogens is 498 g/mol. The highest BCUT2D eigenvalue weighted by Gasteiger charge is 2.41. The molecule has 40 heavy (non-hydrogen) atoms. The highest BCUT2D eigenvalue weighted by atomic mass is 16.5. The van der Waals surface area contributed by atoms with Crippen molar-refractivity contribution in [3.63, 3.8) is 0 Å². The summed E-state index contributed by atoms with van der Waals surface area (Å²) in [5.41, 5.74) is 14.9. The number of methoxy groups -OCH3 is 1. The Morgan fingerprint density at radius 2 is 1.73 bits per heavy atom. The first-order valence-corrected chi connectivity index (χ1v) is 13.8. The Morgan fingerprint density at radius 1 is 1.00 bits per heavy atom. The maximum atomic E-state index is 13.6. The number of allylic oxidation sites excluding steroid dienone is 3. The molecule has 0 radical (unpaired) electrons. The molecule has 1 aliphatic heterocycles. The quantitative estimate of drug-likeness (QED) is 0.361. The predicted molar refractivity (Wildman–Crippen MR) is 157 cm³/mol. The van der Waals surface area contributed by atoms with E-state index < -0.39 is 5.92 Å². The van der Waals surface area contributed by atoms with Crippen LogP contribution in [-0.2, 0) is 17.8 Å². The molecule has 1 atom stereocenters. The van der Waals surface area contributed by atoms with Gasteiger partial charge >= 0.3 is 0 Å². The average molecular weight is 534 g/mol. The van der Waals surface area contributed by atoms with Crippen LogP contribution in [-0.4, -0.2) is 12.9 Å². The van der Waals surface area contributed by atoms with Crippen LogP contribution in [0.15, 0.2) is 83.3 Å². The molecular formula is C34H35N3O3. The Kier molecular flexibility index (Phi) is 7.66. The zero-order valence-electron chi connectivity index (χ0n) is 23.6. The van der Waals surface area contributed by atoms with Gasteiger partial charge in [-0.1, -0.05) is 37.3 Å². The Morgan fingerprint density at radius 3 is 2.42 bits per heavy atom. The number of rotatable bonds is 7. The number of Topliss-reactive ketones (excluding diaryl/α,β-unsaturated/α-hetero) is 1. The summed E-state index contributed by atoms with van der Waals surface area (Å²) >= 11 is 0. The Labute approximate surface area is 236 Å². The number of nitrogens with two attached hydrogens (primary N) is 1. The highest BCUT2D eigenvalue weighted by molar-refractivity contribution is 6.01. The molecule has 3 aromatic rings. The summed E-state index contributed by atoms with van der Waals surface area (Å²) in [5.74, 6) is 1.47. The lowest BCUT2D eigenvalue weighted by Gasteiger charge is -2.40. The van der Waals surface area contributed by atoms with Crippen molar-refractivity contribution in [2.24, 2.45) is 5.73 Å². The topological polar surface area (TPSA) is 88.6 Å². The van der Waals surface area contributed by atoms with Crippen LogP contribution < -0.4 is 20.1 Å². The van der Waals surface area contributed by atoms with Crippen LogP contribution in [0.4, 0.5) is 5.69 Å². The number of hydrogen-bond donors (Lipinski definition) is 1. The zero-order valence-corrected chi connectivity index (χ0v) is 23.6. The summed E-state index contributed by atoms with van der Waals surface area (Å²) < 4.78 is 11.4. The molecule has 0 fully saturated rings. The number of aryl methyl sites for hydroxylation is 3. The number of ether oxygens (including phenoxy) is 2. The van der Waals surface area contributed by atoms with Crippen LogP contribution in [0.2, 0.25) is 0 Å². The van der Waals surface area contributed by atoms with Crippen molar-refractivity contribution in [1.29, 1.82) is 5.26 Å². The number of carbonyl (C=O) groups is 1. The maximum Gasteiger partial charge on any atom is 0.161 e. The second-order valence-electron chi connectivity index (χ2n) is 10.4. The monoisotopic (exact) mass is 533 g/mol. The minimum atomic E-state index is -0.516. The van der Waals surface area contributed by atoms with Crippen LogP contribution in [0, 0.1) is 25.2 Å². The lowest BCUT2D eigenvalue weighted by molar-refractivity contribution is -0.116. The second kappa shape index (κ2) is 11.3. The van der Waals surface area contributed by atoms with Gasteiger partial charge in [0.1, 0.15) is 23.9 Å². The second-order valence-corrected chi connectivity index (χ2v) is 10.4. The van der Waals surface area contributed by atoms with E-state index in [1.165, 1.54) is 0 Å². The van der Waals surface area contributed by atoms with Gasteiger partial charge in [0.05, 0.1) is 30.4 Å². The largest absolute Gasteiger partial charge is 0.497 e. The van der Waals surface area contributed by atoms with E-state index in [1.54, 1.807) is 7.11 Å². The number of para-hydroxylation sites is 1. The van der Waals surface area contributed by atoms with Crippen LogP contribution in [0.5, 0.6) is 11.5 Å². The molecule has 1 unspecified atom stereocenters. The third-order valence-electron chi connectivity index (χ3n) is 8.02. The molecule has 0 spiro atoms. The molecule has 0 saturated heterocycles. The first-order valence-electron chi connectivity index (χ1n) is 13.8. The molecule has 204 valence electrons. The summed E-state index contributed by atoms with van der Waals surface area (Å²) in [4.78, 5) is 15.6. The molecule has 0 bridgehead atoms. The van der Waals surface area contributed by atoms with E-state index in [0.29, 0.717) is 30.0 Å². The van der Waals surface area contributed by atoms with Crippen molar-refractivity contribution in [2.45, 2.75) is 59.0 Å². The fourth-order valence-electron chi connectivity index (χ4n) is 5.92. The molecule has 5 rings (SSSR count). The summed E-state index contributed by atoms with van der Waals surface area (Å²) in [6.45, 7) is 6.55. The van der Waals surface area contributed by atoms with Gasteiger partial charge in [-0.05, 0) is 91.3 Å². The number of benzene rings is 3. The summed E-state index contributed by atoms with van der Waals surface area (Å²) in [7, 11) is 1.63. The van der Waals surface area contributed by atoms with Gasteiger partial charge in [-0.25, -0.2) is 0 Å². The number of anilines is 1. The van der Waals surface area contributed by atoms with Gasteiger partial charge in [0.2, 0.25) is 0 Å². The first-order chi connectivity index (χ1) is 19.4. The molecule has 0 aromatic heterocycles. The van der Waals surface area contributed by atoms with Gasteiger partial charge in [-0.15, -0.1) is 0 Å². The summed E-state index contributed by atoms with van der Waals surface area (Å²) in [6, 6.07) is 22.2. The number of nitrogens with zero attached hydrogens (tertiary/aromatic N) is 2. The van der Waals surface area contributed by atoms with Crippen molar-refractivity contribution >= 4 is 11.5 Å². The third-order valence-corrected chi connectivity index (χ3v) is 8.02.